The maximum Gasteiger partial charge on any atom is 0.133 e. The molecule has 304 valence electrons. The van der Waals surface area contributed by atoms with Gasteiger partial charge < -0.3 is 24.8 Å². The number of phenols is 1. The van der Waals surface area contributed by atoms with Crippen molar-refractivity contribution in [2.45, 2.75) is 92.0 Å². The van der Waals surface area contributed by atoms with Gasteiger partial charge in [0.05, 0.1) is 12.3 Å². The van der Waals surface area contributed by atoms with Crippen LogP contribution in [0.5, 0.6) is 5.75 Å². The molecule has 1 heterocycles. The molecule has 0 spiro atoms. The molecule has 6 rings (SSSR count). The summed E-state index contributed by atoms with van der Waals surface area (Å²) in [5.74, 6) is 0.0394. The second-order valence-corrected chi connectivity index (χ2v) is 17.4. The molecule has 5 nitrogen and oxygen atoms in total. The molecule has 0 atom stereocenters. The fraction of sp³-hybridized carbons (Fsp3) is 0.346. The van der Waals surface area contributed by atoms with Crippen LogP contribution in [0.4, 0.5) is 10.1 Å². The standard InChI is InChI=1S/C52H61FN2O3/c1-9-36(27-30-56)37-20-22-38(23-21-37)47(41-25-24-40(34-45(41)53)54(10-2)29-31-57)48-42-18-14-15-19-46(42)55(49(48)39-16-12-11-13-17-39)28-26-35-32-43(51(3,4)5)50(58)44(33-35)52(6,7)8/h11-25,32-34,56-58H,9-10,26-31H2,1-8H3. The first-order valence-corrected chi connectivity index (χ1v) is 20.8. The van der Waals surface area contributed by atoms with Crippen molar-refractivity contribution in [3.63, 3.8) is 0 Å². The molecule has 0 saturated carbocycles. The van der Waals surface area contributed by atoms with Crippen LogP contribution in [0.25, 0.3) is 33.3 Å². The fourth-order valence-electron chi connectivity index (χ4n) is 8.37. The number of fused-ring (bicyclic) bond motifs is 1. The SMILES string of the molecule is CCC(CCO)=c1ccc(=C(c2ccc(N(CC)CCO)cc2F)c2c(-c3ccccc3)n(CCc3cc(C(C)(C)C)c(O)c(C(C)(C)C)c3)c3ccccc23)cc1. The minimum absolute atomic E-state index is 0.0207. The van der Waals surface area contributed by atoms with E-state index in [1.165, 1.54) is 5.57 Å². The van der Waals surface area contributed by atoms with Crippen molar-refractivity contribution >= 4 is 27.7 Å². The Morgan fingerprint density at radius 1 is 0.724 bits per heavy atom. The Labute approximate surface area is 344 Å². The van der Waals surface area contributed by atoms with Gasteiger partial charge in [0.15, 0.2) is 0 Å². The molecule has 0 fully saturated rings. The smallest absolute Gasteiger partial charge is 0.133 e. The monoisotopic (exact) mass is 780 g/mol. The Morgan fingerprint density at radius 3 is 1.91 bits per heavy atom. The maximum absolute atomic E-state index is 17.0. The third-order valence-electron chi connectivity index (χ3n) is 11.4. The number of nitrogens with zero attached hydrogens (tertiary/aromatic N) is 2. The third-order valence-corrected chi connectivity index (χ3v) is 11.4. The highest BCUT2D eigenvalue weighted by Gasteiger charge is 2.28. The van der Waals surface area contributed by atoms with Gasteiger partial charge in [-0.15, -0.1) is 0 Å². The van der Waals surface area contributed by atoms with Crippen LogP contribution in [0.3, 0.4) is 0 Å². The molecule has 5 aromatic carbocycles. The molecule has 6 heteroatoms. The van der Waals surface area contributed by atoms with Crippen LogP contribution in [-0.4, -0.2) is 46.2 Å². The minimum Gasteiger partial charge on any atom is -0.507 e. The lowest BCUT2D eigenvalue weighted by Gasteiger charge is -2.28. The second-order valence-electron chi connectivity index (χ2n) is 17.4. The van der Waals surface area contributed by atoms with Crippen LogP contribution in [0.1, 0.15) is 96.0 Å². The number of anilines is 1. The van der Waals surface area contributed by atoms with E-state index in [0.29, 0.717) is 37.4 Å². The summed E-state index contributed by atoms with van der Waals surface area (Å²) in [7, 11) is 0. The summed E-state index contributed by atoms with van der Waals surface area (Å²) >= 11 is 0. The van der Waals surface area contributed by atoms with Gasteiger partial charge in [0, 0.05) is 59.5 Å². The fourth-order valence-corrected chi connectivity index (χ4v) is 8.37. The van der Waals surface area contributed by atoms with E-state index in [4.69, 9.17) is 0 Å². The number of benzene rings is 5. The summed E-state index contributed by atoms with van der Waals surface area (Å²) in [6, 6.07) is 37.0. The van der Waals surface area contributed by atoms with Crippen LogP contribution in [0.2, 0.25) is 0 Å². The minimum atomic E-state index is -0.335. The lowest BCUT2D eigenvalue weighted by molar-refractivity contribution is 0.302. The summed E-state index contributed by atoms with van der Waals surface area (Å²) in [5.41, 5.74) is 9.78. The van der Waals surface area contributed by atoms with E-state index in [0.717, 1.165) is 79.0 Å². The van der Waals surface area contributed by atoms with Crippen molar-refractivity contribution in [3.8, 4) is 17.0 Å². The molecular formula is C52H61FN2O3. The van der Waals surface area contributed by atoms with Crippen molar-refractivity contribution in [3.05, 3.63) is 153 Å². The second kappa shape index (κ2) is 17.8. The van der Waals surface area contributed by atoms with E-state index in [9.17, 15) is 15.3 Å². The highest BCUT2D eigenvalue weighted by molar-refractivity contribution is 6.04. The zero-order chi connectivity index (χ0) is 41.8. The Balaban J connectivity index is 1.67. The largest absolute Gasteiger partial charge is 0.507 e. The van der Waals surface area contributed by atoms with Crippen LogP contribution >= 0.6 is 0 Å². The number of aryl methyl sites for hydroxylation is 2. The number of hydrogen-bond acceptors (Lipinski definition) is 4. The molecule has 0 aliphatic heterocycles. The van der Waals surface area contributed by atoms with E-state index in [-0.39, 0.29) is 29.9 Å². The highest BCUT2D eigenvalue weighted by atomic mass is 19.1. The van der Waals surface area contributed by atoms with Gasteiger partial charge in [-0.2, -0.15) is 0 Å². The predicted octanol–water partition coefficient (Wildman–Crippen LogP) is 10.00. The Kier molecular flexibility index (Phi) is 13.0. The number of aromatic hydroxyl groups is 1. The normalized spacial score (nSPS) is 12.0. The molecule has 3 N–H and O–H groups in total. The topological polar surface area (TPSA) is 68.9 Å². The Hall–Kier alpha value is -5.17. The number of aromatic nitrogens is 1. The molecule has 0 radical (unpaired) electrons. The van der Waals surface area contributed by atoms with Crippen LogP contribution < -0.4 is 15.3 Å². The number of para-hydroxylation sites is 1. The molecule has 0 saturated heterocycles. The third kappa shape index (κ3) is 8.79. The number of aliphatic hydroxyl groups excluding tert-OH is 2. The van der Waals surface area contributed by atoms with Crippen molar-refractivity contribution in [2.75, 3.05) is 31.2 Å². The molecule has 58 heavy (non-hydrogen) atoms. The van der Waals surface area contributed by atoms with Crippen molar-refractivity contribution in [2.24, 2.45) is 0 Å². The summed E-state index contributed by atoms with van der Waals surface area (Å²) in [4.78, 5) is 1.98. The van der Waals surface area contributed by atoms with Crippen LogP contribution in [-0.2, 0) is 23.8 Å². The molecule has 0 amide bonds. The zero-order valence-electron chi connectivity index (χ0n) is 35.7. The Morgan fingerprint density at radius 2 is 1.34 bits per heavy atom. The van der Waals surface area contributed by atoms with E-state index >= 15 is 4.39 Å². The van der Waals surface area contributed by atoms with E-state index in [2.05, 4.69) is 138 Å². The van der Waals surface area contributed by atoms with Crippen molar-refractivity contribution < 1.29 is 19.7 Å². The van der Waals surface area contributed by atoms with Gasteiger partial charge in [-0.25, -0.2) is 4.39 Å². The first kappa shape index (κ1) is 42.4. The highest BCUT2D eigenvalue weighted by Crippen LogP contribution is 2.43. The van der Waals surface area contributed by atoms with Gasteiger partial charge in [0.25, 0.3) is 0 Å². The van der Waals surface area contributed by atoms with Gasteiger partial charge in [-0.3, -0.25) is 0 Å². The molecule has 0 aliphatic carbocycles. The van der Waals surface area contributed by atoms with E-state index < -0.39 is 0 Å². The average Bonchev–Trinajstić information content (AvgIpc) is 3.52. The Bertz CT molecular complexity index is 2440. The van der Waals surface area contributed by atoms with Gasteiger partial charge in [-0.1, -0.05) is 139 Å². The van der Waals surface area contributed by atoms with Gasteiger partial charge in [0.1, 0.15) is 11.6 Å². The number of aliphatic hydroxyl groups is 2. The predicted molar refractivity (Wildman–Crippen MR) is 241 cm³/mol. The molecule has 6 aromatic rings. The number of halogens is 1. The van der Waals surface area contributed by atoms with Gasteiger partial charge >= 0.3 is 0 Å². The molecule has 1 aromatic heterocycles. The van der Waals surface area contributed by atoms with E-state index in [1.807, 2.05) is 30.0 Å². The number of hydrogen-bond donors (Lipinski definition) is 3. The van der Waals surface area contributed by atoms with Crippen LogP contribution in [0.15, 0.2) is 109 Å². The summed E-state index contributed by atoms with van der Waals surface area (Å²) < 4.78 is 19.4. The lowest BCUT2D eigenvalue weighted by Crippen LogP contribution is -2.26. The summed E-state index contributed by atoms with van der Waals surface area (Å²) in [6.07, 6.45) is 2.15. The van der Waals surface area contributed by atoms with Crippen LogP contribution in [0, 0.1) is 5.82 Å². The molecule has 0 bridgehead atoms. The first-order valence-electron chi connectivity index (χ1n) is 20.8. The quantitative estimate of drug-likeness (QED) is 0.109. The first-order chi connectivity index (χ1) is 27.7. The zero-order valence-corrected chi connectivity index (χ0v) is 35.7. The maximum atomic E-state index is 17.0. The number of likely N-dealkylation sites (N-methyl/N-ethyl adjacent to an activating group) is 1. The lowest BCUT2D eigenvalue weighted by atomic mass is 9.78. The summed E-state index contributed by atoms with van der Waals surface area (Å²) in [5, 5.41) is 34.0. The van der Waals surface area contributed by atoms with Crippen molar-refractivity contribution in [1.29, 1.82) is 0 Å². The van der Waals surface area contributed by atoms with Crippen molar-refractivity contribution in [1.82, 2.24) is 4.57 Å². The molecule has 0 aliphatic rings. The summed E-state index contributed by atoms with van der Waals surface area (Å²) in [6.45, 7) is 18.8. The number of phenolic OH excluding ortho intramolecular Hbond substituents is 1. The molecule has 0 unspecified atom stereocenters. The molecular weight excluding hydrogens is 720 g/mol. The van der Waals surface area contributed by atoms with Gasteiger partial charge in [0.2, 0.25) is 0 Å². The average molecular weight is 781 g/mol. The van der Waals surface area contributed by atoms with Gasteiger partial charge in [-0.05, 0) is 94.0 Å². The number of rotatable bonds is 13. The van der Waals surface area contributed by atoms with E-state index in [1.54, 1.807) is 6.07 Å².